The minimum Gasteiger partial charge on any atom is -0.395 e. The van der Waals surface area contributed by atoms with E-state index < -0.39 is 43.9 Å². The molecule has 4 N–H and O–H groups in total. The fourth-order valence-electron chi connectivity index (χ4n) is 2.22. The van der Waals surface area contributed by atoms with Crippen molar-refractivity contribution in [3.05, 3.63) is 0 Å². The predicted octanol–water partition coefficient (Wildman–Crippen LogP) is -2.90. The number of rotatable bonds is 8. The van der Waals surface area contributed by atoms with Gasteiger partial charge < -0.3 is 10.2 Å². The van der Waals surface area contributed by atoms with Crippen LogP contribution >= 0.6 is 0 Å². The first kappa shape index (κ1) is 19.7. The smallest absolute Gasteiger partial charge is 0.271 e. The molecule has 1 aliphatic heterocycles. The molecule has 0 spiro atoms. The monoisotopic (exact) mass is 362 g/mol. The first-order valence-corrected chi connectivity index (χ1v) is 9.67. The molecule has 0 aromatic carbocycles. The molecule has 0 aromatic heterocycles. The largest absolute Gasteiger partial charge is 0.395 e. The van der Waals surface area contributed by atoms with Crippen molar-refractivity contribution in [2.75, 3.05) is 52.5 Å². The lowest BCUT2D eigenvalue weighted by Gasteiger charge is -2.36. The molecular weight excluding hydrogens is 340 g/mol. The van der Waals surface area contributed by atoms with Crippen molar-refractivity contribution in [2.45, 2.75) is 10.5 Å². The number of aliphatic hydroxyl groups excluding tert-OH is 2. The molecule has 0 bridgehead atoms. The SMILES string of the molecule is O=S(=O)(O)C(CO)CN1CCN(CC(CO)S(=O)(=O)O)CC1. The molecule has 1 aliphatic rings. The van der Waals surface area contributed by atoms with E-state index in [4.69, 9.17) is 19.3 Å². The van der Waals surface area contributed by atoms with Crippen molar-refractivity contribution in [3.63, 3.8) is 0 Å². The molecule has 0 radical (unpaired) electrons. The summed E-state index contributed by atoms with van der Waals surface area (Å²) in [5.74, 6) is 0. The van der Waals surface area contributed by atoms with Crippen molar-refractivity contribution >= 4 is 20.2 Å². The van der Waals surface area contributed by atoms with E-state index in [-0.39, 0.29) is 13.1 Å². The molecular formula is C10H22N2O8S2. The molecule has 1 saturated heterocycles. The Morgan fingerprint density at radius 2 is 1.00 bits per heavy atom. The van der Waals surface area contributed by atoms with Crippen LogP contribution in [0.5, 0.6) is 0 Å². The first-order valence-electron chi connectivity index (χ1n) is 6.67. The maximum Gasteiger partial charge on any atom is 0.271 e. The fraction of sp³-hybridized carbons (Fsp3) is 1.00. The topological polar surface area (TPSA) is 156 Å². The van der Waals surface area contributed by atoms with Gasteiger partial charge in [0.1, 0.15) is 10.5 Å². The van der Waals surface area contributed by atoms with Crippen molar-refractivity contribution < 1.29 is 36.2 Å². The molecule has 1 fully saturated rings. The predicted molar refractivity (Wildman–Crippen MR) is 77.7 cm³/mol. The summed E-state index contributed by atoms with van der Waals surface area (Å²) in [5.41, 5.74) is 0. The molecule has 12 heteroatoms. The minimum atomic E-state index is -4.32. The second-order valence-corrected chi connectivity index (χ2v) is 8.63. The summed E-state index contributed by atoms with van der Waals surface area (Å²) in [5, 5.41) is 15.4. The van der Waals surface area contributed by atoms with Crippen molar-refractivity contribution in [3.8, 4) is 0 Å². The summed E-state index contributed by atoms with van der Waals surface area (Å²) in [4.78, 5) is 3.46. The normalized spacial score (nSPS) is 21.6. The van der Waals surface area contributed by atoms with Gasteiger partial charge in [0.25, 0.3) is 20.2 Å². The Morgan fingerprint density at radius 3 is 1.18 bits per heavy atom. The standard InChI is InChI=1S/C10H22N2O8S2/c13-7-9(21(15,16)17)5-11-1-2-12(4-3-11)6-10(8-14)22(18,19)20/h9-10,13-14H,1-8H2,(H,15,16,17)(H,18,19,20). The van der Waals surface area contributed by atoms with E-state index in [2.05, 4.69) is 0 Å². The number of hydrogen-bond acceptors (Lipinski definition) is 8. The fourth-order valence-corrected chi connectivity index (χ4v) is 3.40. The number of piperazine rings is 1. The Balaban J connectivity index is 2.50. The van der Waals surface area contributed by atoms with Crippen LogP contribution < -0.4 is 0 Å². The van der Waals surface area contributed by atoms with Gasteiger partial charge in [-0.15, -0.1) is 0 Å². The summed E-state index contributed by atoms with van der Waals surface area (Å²) in [7, 11) is -8.64. The molecule has 0 aromatic rings. The molecule has 1 heterocycles. The number of nitrogens with zero attached hydrogens (tertiary/aromatic N) is 2. The van der Waals surface area contributed by atoms with E-state index in [1.165, 1.54) is 0 Å². The molecule has 2 unspecified atom stereocenters. The van der Waals surface area contributed by atoms with Crippen LogP contribution in [0, 0.1) is 0 Å². The average Bonchev–Trinajstić information content (AvgIpc) is 2.40. The third-order valence-corrected chi connectivity index (χ3v) is 5.92. The second-order valence-electron chi connectivity index (χ2n) is 5.24. The van der Waals surface area contributed by atoms with E-state index >= 15 is 0 Å². The highest BCUT2D eigenvalue weighted by molar-refractivity contribution is 7.86. The van der Waals surface area contributed by atoms with Gasteiger partial charge in [0, 0.05) is 39.3 Å². The van der Waals surface area contributed by atoms with Gasteiger partial charge in [0.05, 0.1) is 13.2 Å². The van der Waals surface area contributed by atoms with Gasteiger partial charge in [0.2, 0.25) is 0 Å². The molecule has 132 valence electrons. The Bertz CT molecular complexity index is 491. The zero-order valence-electron chi connectivity index (χ0n) is 11.9. The molecule has 22 heavy (non-hydrogen) atoms. The average molecular weight is 362 g/mol. The van der Waals surface area contributed by atoms with E-state index in [0.717, 1.165) is 0 Å². The van der Waals surface area contributed by atoms with E-state index in [1.54, 1.807) is 9.80 Å². The van der Waals surface area contributed by atoms with E-state index in [9.17, 15) is 16.8 Å². The third kappa shape index (κ3) is 6.04. The van der Waals surface area contributed by atoms with Crippen LogP contribution in [0.15, 0.2) is 0 Å². The summed E-state index contributed by atoms with van der Waals surface area (Å²) >= 11 is 0. The highest BCUT2D eigenvalue weighted by Gasteiger charge is 2.29. The highest BCUT2D eigenvalue weighted by Crippen LogP contribution is 2.09. The maximum atomic E-state index is 11.0. The van der Waals surface area contributed by atoms with E-state index in [0.29, 0.717) is 26.2 Å². The Hall–Kier alpha value is -0.340. The van der Waals surface area contributed by atoms with Crippen LogP contribution in [-0.2, 0) is 20.2 Å². The first-order chi connectivity index (χ1) is 10.1. The lowest BCUT2D eigenvalue weighted by atomic mass is 10.2. The number of hydrogen-bond donors (Lipinski definition) is 4. The van der Waals surface area contributed by atoms with Crippen LogP contribution in [0.2, 0.25) is 0 Å². The summed E-state index contributed by atoms with van der Waals surface area (Å²) in [6.45, 7) is 0.231. The van der Waals surface area contributed by atoms with Crippen LogP contribution in [0.4, 0.5) is 0 Å². The van der Waals surface area contributed by atoms with Gasteiger partial charge in [-0.25, -0.2) is 0 Å². The van der Waals surface area contributed by atoms with Gasteiger partial charge >= 0.3 is 0 Å². The second kappa shape index (κ2) is 7.97. The quantitative estimate of drug-likeness (QED) is 0.330. The summed E-state index contributed by atoms with van der Waals surface area (Å²) in [6.07, 6.45) is 0. The number of aliphatic hydroxyl groups is 2. The van der Waals surface area contributed by atoms with Crippen LogP contribution in [0.25, 0.3) is 0 Å². The van der Waals surface area contributed by atoms with Gasteiger partial charge in [0.15, 0.2) is 0 Å². The van der Waals surface area contributed by atoms with Crippen molar-refractivity contribution in [2.24, 2.45) is 0 Å². The van der Waals surface area contributed by atoms with Gasteiger partial charge in [-0.2, -0.15) is 16.8 Å². The van der Waals surface area contributed by atoms with Crippen LogP contribution in [-0.4, -0.2) is 109 Å². The Morgan fingerprint density at radius 1 is 0.727 bits per heavy atom. The molecule has 1 rings (SSSR count). The lowest BCUT2D eigenvalue weighted by Crippen LogP contribution is -2.52. The molecule has 2 atom stereocenters. The van der Waals surface area contributed by atoms with Crippen LogP contribution in [0.3, 0.4) is 0 Å². The van der Waals surface area contributed by atoms with Crippen molar-refractivity contribution in [1.29, 1.82) is 0 Å². The minimum absolute atomic E-state index is 0.0229. The molecule has 0 saturated carbocycles. The van der Waals surface area contributed by atoms with Gasteiger partial charge in [-0.1, -0.05) is 0 Å². The van der Waals surface area contributed by atoms with Crippen LogP contribution in [0.1, 0.15) is 0 Å². The zero-order chi connectivity index (χ0) is 17.0. The highest BCUT2D eigenvalue weighted by atomic mass is 32.2. The third-order valence-electron chi connectivity index (χ3n) is 3.64. The summed E-state index contributed by atoms with van der Waals surface area (Å²) < 4.78 is 62.0. The molecule has 0 amide bonds. The molecule has 10 nitrogen and oxygen atoms in total. The summed E-state index contributed by atoms with van der Waals surface area (Å²) in [6, 6.07) is 0. The Kier molecular flexibility index (Phi) is 7.14. The maximum absolute atomic E-state index is 11.0. The van der Waals surface area contributed by atoms with Crippen molar-refractivity contribution in [1.82, 2.24) is 9.80 Å². The van der Waals surface area contributed by atoms with Gasteiger partial charge in [-0.05, 0) is 0 Å². The lowest BCUT2D eigenvalue weighted by molar-refractivity contribution is 0.118. The Labute approximate surface area is 129 Å². The molecule has 0 aliphatic carbocycles. The van der Waals surface area contributed by atoms with Gasteiger partial charge in [-0.3, -0.25) is 18.9 Å². The van der Waals surface area contributed by atoms with E-state index in [1.807, 2.05) is 0 Å². The zero-order valence-corrected chi connectivity index (χ0v) is 13.6.